The molecule has 1 atom stereocenters. The average Bonchev–Trinajstić information content (AvgIpc) is 1.96. The number of hydrogen-bond donors (Lipinski definition) is 0. The van der Waals surface area contributed by atoms with Crippen LogP contribution in [0.1, 0.15) is 51.9 Å². The highest BCUT2D eigenvalue weighted by Crippen LogP contribution is 2.08. The lowest BCUT2D eigenvalue weighted by Gasteiger charge is -1.97. The van der Waals surface area contributed by atoms with E-state index in [4.69, 9.17) is 0 Å². The van der Waals surface area contributed by atoms with Gasteiger partial charge in [-0.25, -0.2) is 0 Å². The highest BCUT2D eigenvalue weighted by molar-refractivity contribution is 7.40. The van der Waals surface area contributed by atoms with E-state index in [1.165, 1.54) is 32.1 Å². The third-order valence-electron chi connectivity index (χ3n) is 1.78. The first-order valence-corrected chi connectivity index (χ1v) is 5.13. The summed E-state index contributed by atoms with van der Waals surface area (Å²) in [5.41, 5.74) is 0.250. The molecule has 0 spiro atoms. The van der Waals surface area contributed by atoms with Crippen LogP contribution in [0.3, 0.4) is 0 Å². The molecule has 1 nitrogen and oxygen atoms in total. The van der Waals surface area contributed by atoms with Crippen molar-refractivity contribution in [3.05, 3.63) is 0 Å². The van der Waals surface area contributed by atoms with Crippen LogP contribution >= 0.6 is 9.24 Å². The van der Waals surface area contributed by atoms with E-state index in [1.54, 1.807) is 0 Å². The first kappa shape index (κ1) is 11.1. The van der Waals surface area contributed by atoms with E-state index in [0.717, 1.165) is 12.8 Å². The van der Waals surface area contributed by atoms with Crippen molar-refractivity contribution in [2.45, 2.75) is 51.9 Å². The first-order valence-electron chi connectivity index (χ1n) is 4.55. The topological polar surface area (TPSA) is 17.1 Å². The van der Waals surface area contributed by atoms with Crippen molar-refractivity contribution < 1.29 is 4.79 Å². The number of carbonyl (C=O) groups excluding carboxylic acids is 1. The fourth-order valence-electron chi connectivity index (χ4n) is 1.08. The molecule has 0 aromatic heterocycles. The molecule has 0 aliphatic carbocycles. The molecule has 0 saturated carbocycles. The first-order chi connectivity index (χ1) is 5.27. The minimum Gasteiger partial charge on any atom is -0.295 e. The Bertz CT molecular complexity index is 102. The van der Waals surface area contributed by atoms with Crippen LogP contribution in [0.15, 0.2) is 0 Å². The van der Waals surface area contributed by atoms with Crippen molar-refractivity contribution in [2.75, 3.05) is 0 Å². The SMILES string of the molecule is CCCCCCCCC(=O)P. The van der Waals surface area contributed by atoms with Crippen molar-refractivity contribution in [3.8, 4) is 0 Å². The van der Waals surface area contributed by atoms with Crippen molar-refractivity contribution in [2.24, 2.45) is 0 Å². The normalized spacial score (nSPS) is 10.0. The van der Waals surface area contributed by atoms with Crippen molar-refractivity contribution >= 4 is 14.8 Å². The van der Waals surface area contributed by atoms with E-state index in [2.05, 4.69) is 16.2 Å². The van der Waals surface area contributed by atoms with E-state index >= 15 is 0 Å². The molecule has 66 valence electrons. The molecule has 0 N–H and O–H groups in total. The zero-order valence-corrected chi connectivity index (χ0v) is 8.59. The van der Waals surface area contributed by atoms with Gasteiger partial charge in [0.05, 0.1) is 0 Å². The predicted molar refractivity (Wildman–Crippen MR) is 52.7 cm³/mol. The summed E-state index contributed by atoms with van der Waals surface area (Å²) in [7, 11) is 2.23. The Morgan fingerprint density at radius 2 is 1.64 bits per heavy atom. The van der Waals surface area contributed by atoms with Gasteiger partial charge in [0.15, 0.2) is 0 Å². The Morgan fingerprint density at radius 1 is 1.09 bits per heavy atom. The van der Waals surface area contributed by atoms with E-state index in [0.29, 0.717) is 0 Å². The number of hydrogen-bond acceptors (Lipinski definition) is 1. The smallest absolute Gasteiger partial charge is 0.148 e. The summed E-state index contributed by atoms with van der Waals surface area (Å²) in [5.74, 6) is 0. The molecule has 0 heterocycles. The second-order valence-electron chi connectivity index (χ2n) is 2.98. The molecule has 2 heteroatoms. The van der Waals surface area contributed by atoms with Gasteiger partial charge in [0.25, 0.3) is 0 Å². The zero-order chi connectivity index (χ0) is 8.53. The van der Waals surface area contributed by atoms with Crippen LogP contribution in [0.4, 0.5) is 0 Å². The van der Waals surface area contributed by atoms with Gasteiger partial charge in [-0.15, -0.1) is 0 Å². The monoisotopic (exact) mass is 174 g/mol. The van der Waals surface area contributed by atoms with Crippen molar-refractivity contribution in [1.29, 1.82) is 0 Å². The summed E-state index contributed by atoms with van der Waals surface area (Å²) in [6, 6.07) is 0. The lowest BCUT2D eigenvalue weighted by molar-refractivity contribution is -0.111. The number of rotatable bonds is 7. The third kappa shape index (κ3) is 10.1. The number of unbranched alkanes of at least 4 members (excludes halogenated alkanes) is 5. The zero-order valence-electron chi connectivity index (χ0n) is 7.44. The molecule has 0 fully saturated rings. The Hall–Kier alpha value is 0.100. The summed E-state index contributed by atoms with van der Waals surface area (Å²) in [6.45, 7) is 2.21. The minimum absolute atomic E-state index is 0.250. The molecule has 0 rings (SSSR count). The molecule has 0 bridgehead atoms. The molecule has 0 amide bonds. The molecule has 0 aromatic rings. The molecule has 0 aliphatic rings. The largest absolute Gasteiger partial charge is 0.295 e. The lowest BCUT2D eigenvalue weighted by Crippen LogP contribution is -1.85. The highest BCUT2D eigenvalue weighted by Gasteiger charge is 1.93. The van der Waals surface area contributed by atoms with Gasteiger partial charge in [-0.3, -0.25) is 4.79 Å². The van der Waals surface area contributed by atoms with Gasteiger partial charge < -0.3 is 0 Å². The summed E-state index contributed by atoms with van der Waals surface area (Å²) in [4.78, 5) is 10.5. The average molecular weight is 174 g/mol. The van der Waals surface area contributed by atoms with Crippen molar-refractivity contribution in [3.63, 3.8) is 0 Å². The fourth-order valence-corrected chi connectivity index (χ4v) is 1.28. The second-order valence-corrected chi connectivity index (χ2v) is 3.63. The van der Waals surface area contributed by atoms with Gasteiger partial charge in [-0.1, -0.05) is 48.3 Å². The molecule has 0 aliphatic heterocycles. The maximum Gasteiger partial charge on any atom is 0.148 e. The van der Waals surface area contributed by atoms with Crippen LogP contribution in [0, 0.1) is 0 Å². The van der Waals surface area contributed by atoms with Gasteiger partial charge in [0, 0.05) is 6.42 Å². The lowest BCUT2D eigenvalue weighted by atomic mass is 10.1. The molecular formula is C9H19OP. The summed E-state index contributed by atoms with van der Waals surface area (Å²) in [6.07, 6.45) is 8.31. The van der Waals surface area contributed by atoms with Crippen LogP contribution in [-0.2, 0) is 4.79 Å². The van der Waals surface area contributed by atoms with E-state index in [1.807, 2.05) is 0 Å². The quantitative estimate of drug-likeness (QED) is 0.428. The summed E-state index contributed by atoms with van der Waals surface area (Å²) in [5, 5.41) is 0. The van der Waals surface area contributed by atoms with Gasteiger partial charge >= 0.3 is 0 Å². The molecule has 11 heavy (non-hydrogen) atoms. The summed E-state index contributed by atoms with van der Waals surface area (Å²) < 4.78 is 0. The van der Waals surface area contributed by atoms with Gasteiger partial charge in [-0.05, 0) is 6.42 Å². The van der Waals surface area contributed by atoms with Gasteiger partial charge in [-0.2, -0.15) is 0 Å². The number of carbonyl (C=O) groups is 1. The summed E-state index contributed by atoms with van der Waals surface area (Å²) >= 11 is 0. The van der Waals surface area contributed by atoms with Crippen LogP contribution in [0.25, 0.3) is 0 Å². The van der Waals surface area contributed by atoms with E-state index in [-0.39, 0.29) is 5.52 Å². The molecule has 0 radical (unpaired) electrons. The van der Waals surface area contributed by atoms with Crippen LogP contribution in [0.2, 0.25) is 0 Å². The Kier molecular flexibility index (Phi) is 8.27. The molecule has 0 aromatic carbocycles. The van der Waals surface area contributed by atoms with Crippen molar-refractivity contribution in [1.82, 2.24) is 0 Å². The Balaban J connectivity index is 2.85. The highest BCUT2D eigenvalue weighted by atomic mass is 31.0. The van der Waals surface area contributed by atoms with E-state index in [9.17, 15) is 4.79 Å². The molecule has 1 unspecified atom stereocenters. The van der Waals surface area contributed by atoms with Gasteiger partial charge in [0.2, 0.25) is 0 Å². The Labute approximate surface area is 72.2 Å². The van der Waals surface area contributed by atoms with Crippen LogP contribution in [-0.4, -0.2) is 5.52 Å². The second kappa shape index (κ2) is 8.20. The fraction of sp³-hybridized carbons (Fsp3) is 0.889. The van der Waals surface area contributed by atoms with Gasteiger partial charge in [0.1, 0.15) is 5.52 Å². The minimum atomic E-state index is 0.250. The third-order valence-corrected chi connectivity index (χ3v) is 2.07. The van der Waals surface area contributed by atoms with Crippen LogP contribution in [0.5, 0.6) is 0 Å². The maximum absolute atomic E-state index is 10.5. The molecular weight excluding hydrogens is 155 g/mol. The predicted octanol–water partition coefficient (Wildman–Crippen LogP) is 3.14. The standard InChI is InChI=1S/C9H19OP/c1-2-3-4-5-6-7-8-9(10)11/h2-8,11H2,1H3. The van der Waals surface area contributed by atoms with E-state index < -0.39 is 0 Å². The maximum atomic E-state index is 10.5. The molecule has 0 saturated heterocycles. The Morgan fingerprint density at radius 3 is 2.18 bits per heavy atom. The van der Waals surface area contributed by atoms with Crippen LogP contribution < -0.4 is 0 Å².